The number of rotatable bonds is 4. The molecule has 3 aromatic rings. The minimum atomic E-state index is -0.453. The molecule has 4 heterocycles. The average Bonchev–Trinajstić information content (AvgIpc) is 3.32. The lowest BCUT2D eigenvalue weighted by Gasteiger charge is -2.44. The fraction of sp³-hybridized carbons (Fsp3) is 0.364. The Hall–Kier alpha value is -3.42. The van der Waals surface area contributed by atoms with E-state index in [2.05, 4.69) is 10.1 Å². The van der Waals surface area contributed by atoms with Crippen LogP contribution < -0.4 is 0 Å². The lowest BCUT2D eigenvalue weighted by molar-refractivity contribution is 0.0358. The molecule has 8 nitrogen and oxygen atoms in total. The maximum absolute atomic E-state index is 13.5. The van der Waals surface area contributed by atoms with Gasteiger partial charge in [-0.2, -0.15) is 5.10 Å². The van der Waals surface area contributed by atoms with Gasteiger partial charge in [-0.1, -0.05) is 37.3 Å². The number of hydrogen-bond acceptors (Lipinski definition) is 5. The van der Waals surface area contributed by atoms with Crippen molar-refractivity contribution in [2.75, 3.05) is 26.2 Å². The first-order valence-electron chi connectivity index (χ1n) is 10.2. The van der Waals surface area contributed by atoms with Crippen LogP contribution in [0, 0.1) is 0 Å². The van der Waals surface area contributed by atoms with Crippen molar-refractivity contribution in [3.8, 4) is 0 Å². The molecule has 2 aliphatic heterocycles. The first-order chi connectivity index (χ1) is 14.6. The first kappa shape index (κ1) is 18.6. The zero-order valence-electron chi connectivity index (χ0n) is 16.8. The predicted molar refractivity (Wildman–Crippen MR) is 110 cm³/mol. The Labute approximate surface area is 174 Å². The Kier molecular flexibility index (Phi) is 4.42. The Morgan fingerprint density at radius 1 is 1.17 bits per heavy atom. The number of fused-ring (bicyclic) bond motifs is 2. The summed E-state index contributed by atoms with van der Waals surface area (Å²) in [7, 11) is 0. The summed E-state index contributed by atoms with van der Waals surface area (Å²) in [6.45, 7) is 4.26. The minimum Gasteiger partial charge on any atom is -0.447 e. The van der Waals surface area contributed by atoms with E-state index in [1.807, 2.05) is 49.4 Å². The van der Waals surface area contributed by atoms with Crippen molar-refractivity contribution in [1.29, 1.82) is 0 Å². The molecule has 2 fully saturated rings. The second-order valence-electron chi connectivity index (χ2n) is 7.88. The molecule has 5 rings (SSSR count). The number of aromatic nitrogens is 3. The fourth-order valence-corrected chi connectivity index (χ4v) is 4.42. The number of benzene rings is 1. The van der Waals surface area contributed by atoms with Crippen molar-refractivity contribution < 1.29 is 14.3 Å². The Bertz CT molecular complexity index is 1110. The van der Waals surface area contributed by atoms with Gasteiger partial charge in [-0.3, -0.25) is 9.69 Å². The third-order valence-electron chi connectivity index (χ3n) is 6.17. The molecular weight excluding hydrogens is 382 g/mol. The molecule has 2 saturated heterocycles. The highest BCUT2D eigenvalue weighted by molar-refractivity contribution is 6.04. The molecule has 0 radical (unpaired) electrons. The van der Waals surface area contributed by atoms with Crippen LogP contribution in [-0.4, -0.2) is 68.3 Å². The van der Waals surface area contributed by atoms with Gasteiger partial charge < -0.3 is 9.64 Å². The van der Waals surface area contributed by atoms with Crippen LogP contribution in [-0.2, 0) is 11.3 Å². The molecule has 0 aliphatic carbocycles. The fourth-order valence-electron chi connectivity index (χ4n) is 4.42. The van der Waals surface area contributed by atoms with Crippen molar-refractivity contribution in [3.63, 3.8) is 0 Å². The quantitative estimate of drug-likeness (QED) is 0.666. The SMILES string of the molecule is CCC12COC(=O)N1CCN(C(=O)c1nn(Cc3ccccc3)c3ncccc13)C2. The van der Waals surface area contributed by atoms with E-state index in [4.69, 9.17) is 4.74 Å². The third-order valence-corrected chi connectivity index (χ3v) is 6.17. The number of pyridine rings is 1. The largest absolute Gasteiger partial charge is 0.447 e. The smallest absolute Gasteiger partial charge is 0.410 e. The zero-order chi connectivity index (χ0) is 20.7. The van der Waals surface area contributed by atoms with Crippen LogP contribution in [0.2, 0.25) is 0 Å². The number of carbonyl (C=O) groups excluding carboxylic acids is 2. The molecule has 0 spiro atoms. The summed E-state index contributed by atoms with van der Waals surface area (Å²) >= 11 is 0. The van der Waals surface area contributed by atoms with Crippen molar-refractivity contribution in [1.82, 2.24) is 24.6 Å². The highest BCUT2D eigenvalue weighted by Gasteiger charge is 2.50. The maximum atomic E-state index is 13.5. The summed E-state index contributed by atoms with van der Waals surface area (Å²) in [6.07, 6.45) is 2.16. The molecule has 0 N–H and O–H groups in total. The van der Waals surface area contributed by atoms with E-state index >= 15 is 0 Å². The summed E-state index contributed by atoms with van der Waals surface area (Å²) < 4.78 is 7.07. The standard InChI is InChI=1S/C22H23N5O3/c1-2-22-14-25(11-12-26(22)21(29)30-15-22)20(28)18-17-9-6-10-23-19(17)27(24-18)13-16-7-4-3-5-8-16/h3-10H,2,11-15H2,1H3. The summed E-state index contributed by atoms with van der Waals surface area (Å²) in [5.74, 6) is -0.133. The number of nitrogens with zero attached hydrogens (tertiary/aromatic N) is 5. The van der Waals surface area contributed by atoms with E-state index in [1.54, 1.807) is 20.7 Å². The van der Waals surface area contributed by atoms with Crippen LogP contribution in [0.3, 0.4) is 0 Å². The van der Waals surface area contributed by atoms with E-state index in [9.17, 15) is 9.59 Å². The van der Waals surface area contributed by atoms with Gasteiger partial charge in [0.15, 0.2) is 11.3 Å². The van der Waals surface area contributed by atoms with Crippen LogP contribution in [0.25, 0.3) is 11.0 Å². The summed E-state index contributed by atoms with van der Waals surface area (Å²) in [6, 6.07) is 13.7. The summed E-state index contributed by atoms with van der Waals surface area (Å²) in [4.78, 5) is 33.6. The zero-order valence-corrected chi connectivity index (χ0v) is 16.8. The van der Waals surface area contributed by atoms with E-state index in [-0.39, 0.29) is 12.0 Å². The summed E-state index contributed by atoms with van der Waals surface area (Å²) in [5, 5.41) is 5.40. The molecule has 2 amide bonds. The topological polar surface area (TPSA) is 80.6 Å². The van der Waals surface area contributed by atoms with E-state index in [1.165, 1.54) is 0 Å². The highest BCUT2D eigenvalue weighted by Crippen LogP contribution is 2.32. The monoisotopic (exact) mass is 405 g/mol. The number of ether oxygens (including phenoxy) is 1. The molecular formula is C22H23N5O3. The van der Waals surface area contributed by atoms with Crippen molar-refractivity contribution >= 4 is 23.0 Å². The Morgan fingerprint density at radius 2 is 2.00 bits per heavy atom. The molecule has 8 heteroatoms. The Balaban J connectivity index is 1.47. The normalized spacial score (nSPS) is 21.0. The van der Waals surface area contributed by atoms with Gasteiger partial charge in [0, 0.05) is 25.8 Å². The van der Waals surface area contributed by atoms with Crippen molar-refractivity contribution in [3.05, 3.63) is 59.9 Å². The third kappa shape index (κ3) is 2.91. The molecule has 0 bridgehead atoms. The molecule has 1 aromatic carbocycles. The van der Waals surface area contributed by atoms with Crippen molar-refractivity contribution in [2.45, 2.75) is 25.4 Å². The second kappa shape index (κ2) is 7.12. The molecule has 0 saturated carbocycles. The van der Waals surface area contributed by atoms with Gasteiger partial charge in [-0.15, -0.1) is 0 Å². The van der Waals surface area contributed by atoms with Crippen LogP contribution in [0.5, 0.6) is 0 Å². The number of hydrogen-bond donors (Lipinski definition) is 0. The summed E-state index contributed by atoms with van der Waals surface area (Å²) in [5.41, 5.74) is 1.73. The van der Waals surface area contributed by atoms with E-state index in [0.717, 1.165) is 17.4 Å². The number of carbonyl (C=O) groups is 2. The van der Waals surface area contributed by atoms with Gasteiger partial charge in [0.1, 0.15) is 6.61 Å². The molecule has 2 aromatic heterocycles. The first-order valence-corrected chi connectivity index (χ1v) is 10.2. The minimum absolute atomic E-state index is 0.133. The number of cyclic esters (lactones) is 1. The molecule has 2 aliphatic rings. The number of amides is 2. The Morgan fingerprint density at radius 3 is 2.80 bits per heavy atom. The highest BCUT2D eigenvalue weighted by atomic mass is 16.6. The molecule has 154 valence electrons. The van der Waals surface area contributed by atoms with Gasteiger partial charge in [-0.05, 0) is 24.1 Å². The maximum Gasteiger partial charge on any atom is 0.410 e. The van der Waals surface area contributed by atoms with E-state index in [0.29, 0.717) is 44.1 Å². The molecule has 30 heavy (non-hydrogen) atoms. The van der Waals surface area contributed by atoms with Gasteiger partial charge in [0.2, 0.25) is 0 Å². The van der Waals surface area contributed by atoms with Crippen molar-refractivity contribution in [2.24, 2.45) is 0 Å². The van der Waals surface area contributed by atoms with Crippen LogP contribution >= 0.6 is 0 Å². The second-order valence-corrected chi connectivity index (χ2v) is 7.88. The van der Waals surface area contributed by atoms with E-state index < -0.39 is 5.54 Å². The number of piperazine rings is 1. The molecule has 1 unspecified atom stereocenters. The lowest BCUT2D eigenvalue weighted by atomic mass is 9.92. The van der Waals surface area contributed by atoms with Gasteiger partial charge in [-0.25, -0.2) is 14.5 Å². The predicted octanol–water partition coefficient (Wildman–Crippen LogP) is 2.54. The van der Waals surface area contributed by atoms with Gasteiger partial charge >= 0.3 is 6.09 Å². The van der Waals surface area contributed by atoms with Gasteiger partial charge in [0.05, 0.1) is 17.5 Å². The lowest BCUT2D eigenvalue weighted by Crippen LogP contribution is -2.62. The van der Waals surface area contributed by atoms with Crippen LogP contribution in [0.15, 0.2) is 48.7 Å². The van der Waals surface area contributed by atoms with Crippen LogP contribution in [0.4, 0.5) is 4.79 Å². The molecule has 1 atom stereocenters. The van der Waals surface area contributed by atoms with Gasteiger partial charge in [0.25, 0.3) is 5.91 Å². The average molecular weight is 405 g/mol. The van der Waals surface area contributed by atoms with Crippen LogP contribution in [0.1, 0.15) is 29.4 Å².